The van der Waals surface area contributed by atoms with Crippen molar-refractivity contribution in [2.45, 2.75) is 26.3 Å². The highest BCUT2D eigenvalue weighted by atomic mass is 16.2. The van der Waals surface area contributed by atoms with Gasteiger partial charge in [-0.25, -0.2) is 0 Å². The van der Waals surface area contributed by atoms with Crippen LogP contribution >= 0.6 is 0 Å². The highest BCUT2D eigenvalue weighted by molar-refractivity contribution is 6.05. The van der Waals surface area contributed by atoms with Crippen molar-refractivity contribution in [1.82, 2.24) is 5.32 Å². The molecule has 98 valence electrons. The Morgan fingerprint density at radius 2 is 1.89 bits per heavy atom. The van der Waals surface area contributed by atoms with E-state index in [0.717, 1.165) is 0 Å². The first kappa shape index (κ1) is 14.2. The van der Waals surface area contributed by atoms with E-state index in [0.29, 0.717) is 17.8 Å². The van der Waals surface area contributed by atoms with Gasteiger partial charge in [-0.05, 0) is 32.5 Å². The lowest BCUT2D eigenvalue weighted by Gasteiger charge is -2.24. The fraction of sp³-hybridized carbons (Fsp3) is 0.385. The molecule has 5 nitrogen and oxygen atoms in total. The Morgan fingerprint density at radius 3 is 2.44 bits per heavy atom. The van der Waals surface area contributed by atoms with Crippen molar-refractivity contribution in [3.63, 3.8) is 0 Å². The van der Waals surface area contributed by atoms with Crippen LogP contribution in [0.2, 0.25) is 0 Å². The van der Waals surface area contributed by atoms with Crippen molar-refractivity contribution in [1.29, 1.82) is 0 Å². The van der Waals surface area contributed by atoms with Crippen molar-refractivity contribution < 1.29 is 9.59 Å². The average Bonchev–Trinajstić information content (AvgIpc) is 2.29. The Kier molecular flexibility index (Phi) is 4.44. The maximum atomic E-state index is 12.1. The van der Waals surface area contributed by atoms with Gasteiger partial charge < -0.3 is 16.4 Å². The van der Waals surface area contributed by atoms with Gasteiger partial charge in [-0.1, -0.05) is 19.1 Å². The van der Waals surface area contributed by atoms with Gasteiger partial charge in [0.05, 0.1) is 16.8 Å². The lowest BCUT2D eigenvalue weighted by atomic mass is 10.0. The molecule has 0 saturated heterocycles. The summed E-state index contributed by atoms with van der Waals surface area (Å²) in [6.07, 6.45) is 0. The highest BCUT2D eigenvalue weighted by Gasteiger charge is 2.26. The molecular formula is C13H19N3O2. The number of para-hydroxylation sites is 1. The van der Waals surface area contributed by atoms with Crippen LogP contribution in [0.4, 0.5) is 5.69 Å². The molecule has 0 heterocycles. The van der Waals surface area contributed by atoms with Gasteiger partial charge in [-0.3, -0.25) is 9.59 Å². The summed E-state index contributed by atoms with van der Waals surface area (Å²) in [6.45, 7) is 6.15. The van der Waals surface area contributed by atoms with Crippen LogP contribution in [0.5, 0.6) is 0 Å². The van der Waals surface area contributed by atoms with Gasteiger partial charge in [-0.15, -0.1) is 0 Å². The quantitative estimate of drug-likeness (QED) is 0.731. The molecule has 4 N–H and O–H groups in total. The summed E-state index contributed by atoms with van der Waals surface area (Å²) < 4.78 is 0. The molecule has 0 bridgehead atoms. The summed E-state index contributed by atoms with van der Waals surface area (Å²) in [5.41, 5.74) is 5.28. The smallest absolute Gasteiger partial charge is 0.250 e. The first-order chi connectivity index (χ1) is 8.38. The van der Waals surface area contributed by atoms with E-state index in [2.05, 4.69) is 10.6 Å². The van der Waals surface area contributed by atoms with Crippen LogP contribution in [0.15, 0.2) is 24.3 Å². The van der Waals surface area contributed by atoms with Gasteiger partial charge in [0.15, 0.2) is 0 Å². The minimum absolute atomic E-state index is 0.210. The maximum absolute atomic E-state index is 12.1. The molecule has 0 fully saturated rings. The molecular weight excluding hydrogens is 230 g/mol. The molecule has 0 unspecified atom stereocenters. The van der Waals surface area contributed by atoms with E-state index in [1.54, 1.807) is 38.1 Å². The lowest BCUT2D eigenvalue weighted by molar-refractivity contribution is -0.121. The van der Waals surface area contributed by atoms with Crippen LogP contribution in [0.3, 0.4) is 0 Å². The van der Waals surface area contributed by atoms with Gasteiger partial charge in [0.1, 0.15) is 0 Å². The number of carbonyl (C=O) groups is 2. The number of rotatable bonds is 5. The molecule has 0 radical (unpaired) electrons. The van der Waals surface area contributed by atoms with Gasteiger partial charge in [0, 0.05) is 0 Å². The normalized spacial score (nSPS) is 11.1. The van der Waals surface area contributed by atoms with E-state index in [9.17, 15) is 9.59 Å². The maximum Gasteiger partial charge on any atom is 0.250 e. The van der Waals surface area contributed by atoms with Crippen LogP contribution in [0.1, 0.15) is 31.1 Å². The summed E-state index contributed by atoms with van der Waals surface area (Å²) in [4.78, 5) is 23.3. The second-order valence-electron chi connectivity index (χ2n) is 4.52. The van der Waals surface area contributed by atoms with E-state index in [1.807, 2.05) is 6.92 Å². The highest BCUT2D eigenvalue weighted by Crippen LogP contribution is 2.16. The summed E-state index contributed by atoms with van der Waals surface area (Å²) in [7, 11) is 0. The summed E-state index contributed by atoms with van der Waals surface area (Å²) in [5.74, 6) is -0.773. The average molecular weight is 249 g/mol. The first-order valence-corrected chi connectivity index (χ1v) is 5.83. The molecule has 5 heteroatoms. The summed E-state index contributed by atoms with van der Waals surface area (Å²) >= 11 is 0. The number of nitrogens with two attached hydrogens (primary N) is 1. The number of anilines is 1. The Morgan fingerprint density at radius 1 is 1.28 bits per heavy atom. The number of carbonyl (C=O) groups excluding carboxylic acids is 2. The SMILES string of the molecule is CCNC(C)(C)C(=O)Nc1ccccc1C(N)=O. The molecule has 0 aromatic heterocycles. The number of nitrogens with one attached hydrogen (secondary N) is 2. The predicted molar refractivity (Wildman–Crippen MR) is 71.3 cm³/mol. The molecule has 0 spiro atoms. The molecule has 1 aromatic carbocycles. The fourth-order valence-electron chi connectivity index (χ4n) is 1.61. The third kappa shape index (κ3) is 3.30. The molecule has 0 aliphatic carbocycles. The topological polar surface area (TPSA) is 84.2 Å². The second kappa shape index (κ2) is 5.64. The Labute approximate surface area is 107 Å². The first-order valence-electron chi connectivity index (χ1n) is 5.83. The molecule has 2 amide bonds. The van der Waals surface area contributed by atoms with Crippen molar-refractivity contribution >= 4 is 17.5 Å². The van der Waals surface area contributed by atoms with Crippen LogP contribution in [-0.2, 0) is 4.79 Å². The lowest BCUT2D eigenvalue weighted by Crippen LogP contribution is -2.49. The molecule has 0 atom stereocenters. The minimum Gasteiger partial charge on any atom is -0.366 e. The molecule has 0 saturated carbocycles. The molecule has 1 rings (SSSR count). The second-order valence-corrected chi connectivity index (χ2v) is 4.52. The number of hydrogen-bond donors (Lipinski definition) is 3. The van der Waals surface area contributed by atoms with Crippen molar-refractivity contribution in [2.75, 3.05) is 11.9 Å². The van der Waals surface area contributed by atoms with Crippen molar-refractivity contribution in [2.24, 2.45) is 5.73 Å². The molecule has 0 aliphatic rings. The van der Waals surface area contributed by atoms with Crippen molar-refractivity contribution in [3.05, 3.63) is 29.8 Å². The molecule has 0 aliphatic heterocycles. The number of benzene rings is 1. The number of likely N-dealkylation sites (N-methyl/N-ethyl adjacent to an activating group) is 1. The van der Waals surface area contributed by atoms with E-state index >= 15 is 0 Å². The summed E-state index contributed by atoms with van der Waals surface area (Å²) in [6, 6.07) is 6.67. The van der Waals surface area contributed by atoms with Crippen LogP contribution < -0.4 is 16.4 Å². The van der Waals surface area contributed by atoms with E-state index in [1.165, 1.54) is 0 Å². The molecule has 1 aromatic rings. The zero-order valence-electron chi connectivity index (χ0n) is 10.9. The predicted octanol–water partition coefficient (Wildman–Crippen LogP) is 1.11. The number of primary amides is 1. The Balaban J connectivity index is 2.92. The van der Waals surface area contributed by atoms with Gasteiger partial charge in [0.25, 0.3) is 5.91 Å². The van der Waals surface area contributed by atoms with Crippen LogP contribution in [-0.4, -0.2) is 23.9 Å². The minimum atomic E-state index is -0.709. The monoisotopic (exact) mass is 249 g/mol. The Hall–Kier alpha value is -1.88. The molecule has 18 heavy (non-hydrogen) atoms. The van der Waals surface area contributed by atoms with Crippen molar-refractivity contribution in [3.8, 4) is 0 Å². The van der Waals surface area contributed by atoms with Gasteiger partial charge >= 0.3 is 0 Å². The standard InChI is InChI=1S/C13H19N3O2/c1-4-15-13(2,3)12(18)16-10-8-6-5-7-9(10)11(14)17/h5-8,15H,4H2,1-3H3,(H2,14,17)(H,16,18). The number of amides is 2. The van der Waals surface area contributed by atoms with E-state index < -0.39 is 11.4 Å². The number of hydrogen-bond acceptors (Lipinski definition) is 3. The van der Waals surface area contributed by atoms with E-state index in [-0.39, 0.29) is 5.91 Å². The van der Waals surface area contributed by atoms with Crippen LogP contribution in [0.25, 0.3) is 0 Å². The zero-order valence-corrected chi connectivity index (χ0v) is 10.9. The third-order valence-corrected chi connectivity index (χ3v) is 2.63. The van der Waals surface area contributed by atoms with Crippen LogP contribution in [0, 0.1) is 0 Å². The van der Waals surface area contributed by atoms with Gasteiger partial charge in [-0.2, -0.15) is 0 Å². The van der Waals surface area contributed by atoms with Gasteiger partial charge in [0.2, 0.25) is 5.91 Å². The fourth-order valence-corrected chi connectivity index (χ4v) is 1.61. The Bertz CT molecular complexity index is 455. The zero-order chi connectivity index (χ0) is 13.8. The third-order valence-electron chi connectivity index (χ3n) is 2.63. The van der Waals surface area contributed by atoms with E-state index in [4.69, 9.17) is 5.73 Å². The summed E-state index contributed by atoms with van der Waals surface area (Å²) in [5, 5.41) is 5.78. The largest absolute Gasteiger partial charge is 0.366 e.